The molecular weight excluding hydrogens is 412 g/mol. The van der Waals surface area contributed by atoms with Crippen LogP contribution in [0.3, 0.4) is 0 Å². The molecule has 1 aromatic heterocycles. The summed E-state index contributed by atoms with van der Waals surface area (Å²) in [6.45, 7) is 5.32. The van der Waals surface area contributed by atoms with Gasteiger partial charge in [-0.2, -0.15) is 0 Å². The number of amides is 2. The van der Waals surface area contributed by atoms with Gasteiger partial charge in [0.25, 0.3) is 11.8 Å². The topological polar surface area (TPSA) is 66.9 Å². The van der Waals surface area contributed by atoms with Crippen molar-refractivity contribution in [2.24, 2.45) is 5.92 Å². The van der Waals surface area contributed by atoms with E-state index in [1.165, 1.54) is 18.3 Å². The molecular formula is C24H28N2O4S. The number of benzene rings is 1. The summed E-state index contributed by atoms with van der Waals surface area (Å²) in [6, 6.07) is 11.2. The lowest BCUT2D eigenvalue weighted by Gasteiger charge is -2.47. The maximum Gasteiger partial charge on any atom is 0.263 e. The van der Waals surface area contributed by atoms with Crippen molar-refractivity contribution in [3.8, 4) is 5.75 Å². The quantitative estimate of drug-likeness (QED) is 0.662. The summed E-state index contributed by atoms with van der Waals surface area (Å²) in [7, 11) is 0. The monoisotopic (exact) mass is 440 g/mol. The first-order chi connectivity index (χ1) is 14.9. The van der Waals surface area contributed by atoms with Crippen LogP contribution in [0, 0.1) is 5.92 Å². The molecule has 2 fully saturated rings. The molecule has 0 bridgehead atoms. The van der Waals surface area contributed by atoms with Gasteiger partial charge in [-0.15, -0.1) is 11.3 Å². The Morgan fingerprint density at radius 3 is 2.61 bits per heavy atom. The maximum atomic E-state index is 13.2. The van der Waals surface area contributed by atoms with Crippen molar-refractivity contribution in [1.82, 2.24) is 9.80 Å². The minimum Gasteiger partial charge on any atom is -0.481 e. The van der Waals surface area contributed by atoms with Gasteiger partial charge in [0.2, 0.25) is 0 Å². The predicted octanol–water partition coefficient (Wildman–Crippen LogP) is 3.87. The third-order valence-electron chi connectivity index (χ3n) is 6.24. The van der Waals surface area contributed by atoms with Crippen LogP contribution in [0.15, 0.2) is 41.8 Å². The second-order valence-corrected chi connectivity index (χ2v) is 9.28. The number of hydrogen-bond donors (Lipinski definition) is 0. The summed E-state index contributed by atoms with van der Waals surface area (Å²) < 4.78 is 5.87. The van der Waals surface area contributed by atoms with Gasteiger partial charge in [0.1, 0.15) is 5.75 Å². The number of thiophene rings is 1. The molecule has 7 heteroatoms. The fourth-order valence-corrected chi connectivity index (χ4v) is 5.45. The average Bonchev–Trinajstić information content (AvgIpc) is 3.28. The second kappa shape index (κ2) is 9.22. The lowest BCUT2D eigenvalue weighted by molar-refractivity contribution is -0.144. The molecule has 2 aromatic rings. The molecule has 31 heavy (non-hydrogen) atoms. The Morgan fingerprint density at radius 1 is 1.13 bits per heavy atom. The second-order valence-electron chi connectivity index (χ2n) is 8.37. The Kier molecular flexibility index (Phi) is 6.41. The summed E-state index contributed by atoms with van der Waals surface area (Å²) in [5, 5.41) is 1.77. The Hall–Kier alpha value is -2.67. The number of carbonyl (C=O) groups excluding carboxylic acids is 3. The third kappa shape index (κ3) is 4.66. The van der Waals surface area contributed by atoms with E-state index in [0.29, 0.717) is 29.3 Å². The minimum atomic E-state index is -0.545. The molecule has 3 heterocycles. The van der Waals surface area contributed by atoms with Gasteiger partial charge in [-0.25, -0.2) is 0 Å². The molecule has 1 aromatic carbocycles. The maximum absolute atomic E-state index is 13.2. The van der Waals surface area contributed by atoms with E-state index in [4.69, 9.17) is 4.74 Å². The van der Waals surface area contributed by atoms with Crippen LogP contribution in [-0.2, 0) is 4.79 Å². The first-order valence-corrected chi connectivity index (χ1v) is 11.7. The van der Waals surface area contributed by atoms with Crippen LogP contribution in [0.1, 0.15) is 53.1 Å². The van der Waals surface area contributed by atoms with Crippen LogP contribution in [0.5, 0.6) is 5.75 Å². The van der Waals surface area contributed by atoms with E-state index in [0.717, 1.165) is 25.8 Å². The largest absolute Gasteiger partial charge is 0.481 e. The van der Waals surface area contributed by atoms with Crippen molar-refractivity contribution >= 4 is 28.9 Å². The molecule has 4 rings (SSSR count). The van der Waals surface area contributed by atoms with Gasteiger partial charge >= 0.3 is 0 Å². The molecule has 2 aliphatic rings. The molecule has 3 atom stereocenters. The van der Waals surface area contributed by atoms with Gasteiger partial charge in [-0.1, -0.05) is 18.2 Å². The molecule has 0 unspecified atom stereocenters. The van der Waals surface area contributed by atoms with Crippen molar-refractivity contribution in [2.45, 2.75) is 45.3 Å². The van der Waals surface area contributed by atoms with Crippen LogP contribution >= 0.6 is 11.3 Å². The zero-order chi connectivity index (χ0) is 22.0. The van der Waals surface area contributed by atoms with Crippen molar-refractivity contribution in [3.05, 3.63) is 52.2 Å². The zero-order valence-electron chi connectivity index (χ0n) is 18.0. The van der Waals surface area contributed by atoms with Gasteiger partial charge in [0.05, 0.1) is 10.4 Å². The van der Waals surface area contributed by atoms with Crippen LogP contribution in [0.25, 0.3) is 0 Å². The first-order valence-electron chi connectivity index (χ1n) is 10.8. The number of ketones is 1. The van der Waals surface area contributed by atoms with E-state index >= 15 is 0 Å². The van der Waals surface area contributed by atoms with E-state index in [9.17, 15) is 14.4 Å². The van der Waals surface area contributed by atoms with Crippen LogP contribution in [0.4, 0.5) is 0 Å². The highest BCUT2D eigenvalue weighted by Crippen LogP contribution is 2.32. The number of para-hydroxylation sites is 1. The first kappa shape index (κ1) is 21.6. The Bertz CT molecular complexity index is 957. The molecule has 2 amide bonds. The van der Waals surface area contributed by atoms with Crippen molar-refractivity contribution in [3.63, 3.8) is 0 Å². The molecule has 0 N–H and O–H groups in total. The average molecular weight is 441 g/mol. The normalized spacial score (nSPS) is 21.9. The fraction of sp³-hybridized carbons (Fsp3) is 0.458. The van der Waals surface area contributed by atoms with Crippen LogP contribution < -0.4 is 4.74 Å². The van der Waals surface area contributed by atoms with Crippen LogP contribution in [0.2, 0.25) is 0 Å². The molecule has 6 nitrogen and oxygen atoms in total. The molecule has 0 aliphatic carbocycles. The van der Waals surface area contributed by atoms with E-state index in [1.54, 1.807) is 18.4 Å². The number of likely N-dealkylation sites (tertiary alicyclic amines) is 2. The van der Waals surface area contributed by atoms with Crippen molar-refractivity contribution in [2.75, 3.05) is 19.6 Å². The Labute approximate surface area is 186 Å². The zero-order valence-corrected chi connectivity index (χ0v) is 18.8. The minimum absolute atomic E-state index is 0.0160. The van der Waals surface area contributed by atoms with Crippen molar-refractivity contribution in [1.29, 1.82) is 0 Å². The van der Waals surface area contributed by atoms with E-state index in [-0.39, 0.29) is 29.6 Å². The number of nitrogens with zero attached hydrogens (tertiary/aromatic N) is 2. The number of hydrogen-bond acceptors (Lipinski definition) is 5. The number of carbonyl (C=O) groups is 3. The summed E-state index contributed by atoms with van der Waals surface area (Å²) in [5.74, 6) is 0.938. The predicted molar refractivity (Wildman–Crippen MR) is 120 cm³/mol. The lowest BCUT2D eigenvalue weighted by atomic mass is 9.83. The number of fused-ring (bicyclic) bond motifs is 1. The third-order valence-corrected chi connectivity index (χ3v) is 7.27. The smallest absolute Gasteiger partial charge is 0.263 e. The Morgan fingerprint density at radius 2 is 1.90 bits per heavy atom. The van der Waals surface area contributed by atoms with Gasteiger partial charge < -0.3 is 14.5 Å². The van der Waals surface area contributed by atoms with Gasteiger partial charge in [-0.3, -0.25) is 14.4 Å². The highest BCUT2D eigenvalue weighted by Gasteiger charge is 2.40. The van der Waals surface area contributed by atoms with E-state index in [2.05, 4.69) is 0 Å². The number of rotatable bonds is 5. The Balaban J connectivity index is 1.40. The van der Waals surface area contributed by atoms with E-state index < -0.39 is 6.10 Å². The fourth-order valence-electron chi connectivity index (χ4n) is 4.66. The van der Waals surface area contributed by atoms with E-state index in [1.807, 2.05) is 40.1 Å². The van der Waals surface area contributed by atoms with Crippen LogP contribution in [-0.4, -0.2) is 59.2 Å². The van der Waals surface area contributed by atoms with Crippen molar-refractivity contribution < 1.29 is 19.1 Å². The highest BCUT2D eigenvalue weighted by atomic mass is 32.1. The summed E-state index contributed by atoms with van der Waals surface area (Å²) in [6.07, 6.45) is 2.16. The number of Topliss-reactive ketones (excluding diaryl/α,β-unsaturated/α-hetero) is 1. The molecule has 0 spiro atoms. The molecule has 2 saturated heterocycles. The van der Waals surface area contributed by atoms with Gasteiger partial charge in [0, 0.05) is 31.1 Å². The molecule has 2 aliphatic heterocycles. The summed E-state index contributed by atoms with van der Waals surface area (Å²) >= 11 is 1.32. The SMILES string of the molecule is CC(=O)c1cc(C(=O)N2CC[C@H]3[C@H](CCCN3C(=O)[C@H](C)Oc3ccccc3)C2)cs1. The summed E-state index contributed by atoms with van der Waals surface area (Å²) in [5.41, 5.74) is 0.585. The molecule has 0 radical (unpaired) electrons. The molecule has 0 saturated carbocycles. The number of piperidine rings is 2. The molecule has 164 valence electrons. The van der Waals surface area contributed by atoms with Gasteiger partial charge in [-0.05, 0) is 57.2 Å². The lowest BCUT2D eigenvalue weighted by Crippen LogP contribution is -2.58. The summed E-state index contributed by atoms with van der Waals surface area (Å²) in [4.78, 5) is 42.1. The number of ether oxygens (including phenoxy) is 1. The highest BCUT2D eigenvalue weighted by molar-refractivity contribution is 7.12. The standard InChI is InChI=1S/C24H28N2O4S/c1-16(27)22-13-19(15-31-22)24(29)25-12-10-21-18(14-25)7-6-11-26(21)23(28)17(2)30-20-8-4-3-5-9-20/h3-5,8-9,13,15,17-18,21H,6-7,10-12,14H2,1-2H3/t17-,18+,21-/m0/s1. The van der Waals surface area contributed by atoms with Gasteiger partial charge in [0.15, 0.2) is 11.9 Å².